The maximum atomic E-state index is 4.46. The fourth-order valence-electron chi connectivity index (χ4n) is 1.63. The van der Waals surface area contributed by atoms with Crippen molar-refractivity contribution in [3.8, 4) is 0 Å². The van der Waals surface area contributed by atoms with Gasteiger partial charge >= 0.3 is 0 Å². The van der Waals surface area contributed by atoms with Crippen LogP contribution in [0.15, 0.2) is 18.3 Å². The summed E-state index contributed by atoms with van der Waals surface area (Å²) < 4.78 is 1.80. The van der Waals surface area contributed by atoms with Gasteiger partial charge in [0, 0.05) is 12.2 Å². The number of nitrogens with one attached hydrogen (secondary N) is 1. The molecule has 5 heteroatoms. The number of anilines is 1. The lowest BCUT2D eigenvalue weighted by Gasteiger charge is -2.10. The first-order valence-corrected chi connectivity index (χ1v) is 7.17. The van der Waals surface area contributed by atoms with E-state index in [0.29, 0.717) is 12.0 Å². The van der Waals surface area contributed by atoms with Gasteiger partial charge in [-0.05, 0) is 50.0 Å². The van der Waals surface area contributed by atoms with Crippen molar-refractivity contribution < 1.29 is 0 Å². The smallest absolute Gasteiger partial charge is 0.243 e. The number of nitrogens with zero attached hydrogens (tertiary/aromatic N) is 3. The number of fused-ring (bicyclic) bond motifs is 1. The first kappa shape index (κ1) is 12.2. The van der Waals surface area contributed by atoms with E-state index in [1.807, 2.05) is 30.1 Å². The minimum atomic E-state index is 0.404. The molecule has 0 aliphatic heterocycles. The lowest BCUT2D eigenvalue weighted by molar-refractivity contribution is 0.759. The summed E-state index contributed by atoms with van der Waals surface area (Å²) >= 11 is 1.86. The van der Waals surface area contributed by atoms with Crippen LogP contribution in [0.2, 0.25) is 0 Å². The van der Waals surface area contributed by atoms with Gasteiger partial charge in [0.05, 0.1) is 0 Å². The van der Waals surface area contributed by atoms with Crippen molar-refractivity contribution in [3.05, 3.63) is 23.9 Å². The molecule has 1 N–H and O–H groups in total. The summed E-state index contributed by atoms with van der Waals surface area (Å²) in [5.41, 5.74) is 2.09. The van der Waals surface area contributed by atoms with Gasteiger partial charge < -0.3 is 5.32 Å². The van der Waals surface area contributed by atoms with E-state index in [1.165, 1.54) is 5.56 Å². The average molecular weight is 250 g/mol. The fraction of sp³-hybridized carbons (Fsp3) is 0.500. The third-order valence-electron chi connectivity index (χ3n) is 2.62. The van der Waals surface area contributed by atoms with E-state index in [2.05, 4.69) is 35.5 Å². The van der Waals surface area contributed by atoms with Gasteiger partial charge in [0.25, 0.3) is 0 Å². The summed E-state index contributed by atoms with van der Waals surface area (Å²) in [4.78, 5) is 4.46. The van der Waals surface area contributed by atoms with Crippen LogP contribution in [0.25, 0.3) is 5.65 Å². The predicted molar refractivity (Wildman–Crippen MR) is 73.8 cm³/mol. The summed E-state index contributed by atoms with van der Waals surface area (Å²) in [7, 11) is 0. The summed E-state index contributed by atoms with van der Waals surface area (Å²) in [6.45, 7) is 4.22. The minimum Gasteiger partial charge on any atom is -0.350 e. The zero-order valence-electron chi connectivity index (χ0n) is 10.5. The van der Waals surface area contributed by atoms with Crippen molar-refractivity contribution in [2.24, 2.45) is 0 Å². The van der Waals surface area contributed by atoms with Crippen LogP contribution in [0.3, 0.4) is 0 Å². The van der Waals surface area contributed by atoms with Crippen LogP contribution >= 0.6 is 11.8 Å². The van der Waals surface area contributed by atoms with Gasteiger partial charge in [-0.15, -0.1) is 5.10 Å². The highest BCUT2D eigenvalue weighted by Gasteiger charge is 2.06. The van der Waals surface area contributed by atoms with E-state index in [4.69, 9.17) is 0 Å². The Balaban J connectivity index is 2.08. The molecule has 0 aliphatic rings. The number of aromatic nitrogens is 3. The standard InChI is InChI=1S/C12H18N4S/c1-9-4-6-16-11(8-9)14-12(15-16)13-10(2)5-7-17-3/h4,6,8,10H,5,7H2,1-3H3,(H,13,15). The normalized spacial score (nSPS) is 12.9. The second kappa shape index (κ2) is 5.40. The van der Waals surface area contributed by atoms with Crippen LogP contribution in [-0.2, 0) is 0 Å². The van der Waals surface area contributed by atoms with Crippen molar-refractivity contribution in [2.75, 3.05) is 17.3 Å². The molecule has 17 heavy (non-hydrogen) atoms. The molecule has 0 bridgehead atoms. The van der Waals surface area contributed by atoms with Crippen LogP contribution in [0.1, 0.15) is 18.9 Å². The Kier molecular flexibility index (Phi) is 3.89. The van der Waals surface area contributed by atoms with Crippen LogP contribution in [0.4, 0.5) is 5.95 Å². The molecule has 2 aromatic heterocycles. The highest BCUT2D eigenvalue weighted by atomic mass is 32.2. The van der Waals surface area contributed by atoms with Crippen LogP contribution in [0.5, 0.6) is 0 Å². The zero-order valence-corrected chi connectivity index (χ0v) is 11.3. The van der Waals surface area contributed by atoms with Crippen LogP contribution < -0.4 is 5.32 Å². The Morgan fingerprint density at radius 2 is 2.35 bits per heavy atom. The Morgan fingerprint density at radius 3 is 3.12 bits per heavy atom. The lowest BCUT2D eigenvalue weighted by atomic mass is 10.3. The Morgan fingerprint density at radius 1 is 1.53 bits per heavy atom. The number of rotatable bonds is 5. The molecule has 92 valence electrons. The number of pyridine rings is 1. The van der Waals surface area contributed by atoms with Gasteiger partial charge in [-0.3, -0.25) is 0 Å². The van der Waals surface area contributed by atoms with Crippen LogP contribution in [0, 0.1) is 6.92 Å². The Labute approximate surface area is 106 Å². The molecule has 1 atom stereocenters. The molecule has 0 radical (unpaired) electrons. The molecule has 2 aromatic rings. The summed E-state index contributed by atoms with van der Waals surface area (Å²) in [5, 5.41) is 7.72. The van der Waals surface area contributed by atoms with Crippen molar-refractivity contribution in [1.29, 1.82) is 0 Å². The fourth-order valence-corrected chi connectivity index (χ4v) is 2.22. The van der Waals surface area contributed by atoms with E-state index in [-0.39, 0.29) is 0 Å². The van der Waals surface area contributed by atoms with Crippen molar-refractivity contribution >= 4 is 23.4 Å². The Hall–Kier alpha value is -1.23. The van der Waals surface area contributed by atoms with Gasteiger partial charge in [0.15, 0.2) is 5.65 Å². The first-order valence-electron chi connectivity index (χ1n) is 5.77. The SMILES string of the molecule is CSCCC(C)Nc1nc2cc(C)ccn2n1. The summed E-state index contributed by atoms with van der Waals surface area (Å²) in [6.07, 6.45) is 5.18. The molecule has 4 nitrogen and oxygen atoms in total. The molecule has 0 aliphatic carbocycles. The molecule has 0 spiro atoms. The molecule has 0 fully saturated rings. The number of thioether (sulfide) groups is 1. The molecule has 1 unspecified atom stereocenters. The maximum absolute atomic E-state index is 4.46. The third kappa shape index (κ3) is 3.12. The molecule has 0 aromatic carbocycles. The zero-order chi connectivity index (χ0) is 12.3. The topological polar surface area (TPSA) is 42.2 Å². The van der Waals surface area contributed by atoms with E-state index in [9.17, 15) is 0 Å². The Bertz CT molecular complexity index is 494. The quantitative estimate of drug-likeness (QED) is 0.885. The average Bonchev–Trinajstić information content (AvgIpc) is 2.67. The second-order valence-electron chi connectivity index (χ2n) is 4.27. The molecule has 0 saturated heterocycles. The van der Waals surface area contributed by atoms with Gasteiger partial charge in [-0.1, -0.05) is 0 Å². The lowest BCUT2D eigenvalue weighted by Crippen LogP contribution is -2.16. The first-order chi connectivity index (χ1) is 8.19. The highest BCUT2D eigenvalue weighted by Crippen LogP contribution is 2.10. The molecule has 2 heterocycles. The maximum Gasteiger partial charge on any atom is 0.243 e. The number of aryl methyl sites for hydroxylation is 1. The van der Waals surface area contributed by atoms with Crippen molar-refractivity contribution in [3.63, 3.8) is 0 Å². The molecular formula is C12H18N4S. The summed E-state index contributed by atoms with van der Waals surface area (Å²) in [5.74, 6) is 1.87. The molecular weight excluding hydrogens is 232 g/mol. The van der Waals surface area contributed by atoms with E-state index in [1.54, 1.807) is 4.52 Å². The van der Waals surface area contributed by atoms with E-state index >= 15 is 0 Å². The summed E-state index contributed by atoms with van der Waals surface area (Å²) in [6, 6.07) is 4.47. The van der Waals surface area contributed by atoms with Crippen LogP contribution in [-0.4, -0.2) is 32.6 Å². The predicted octanol–water partition coefficient (Wildman–Crippen LogP) is 2.59. The van der Waals surface area contributed by atoms with Crippen molar-refractivity contribution in [2.45, 2.75) is 26.3 Å². The largest absolute Gasteiger partial charge is 0.350 e. The van der Waals surface area contributed by atoms with E-state index < -0.39 is 0 Å². The molecule has 2 rings (SSSR count). The van der Waals surface area contributed by atoms with Gasteiger partial charge in [-0.2, -0.15) is 16.7 Å². The molecule has 0 saturated carbocycles. The number of hydrogen-bond acceptors (Lipinski definition) is 4. The third-order valence-corrected chi connectivity index (χ3v) is 3.27. The molecule has 0 amide bonds. The van der Waals surface area contributed by atoms with Crippen molar-refractivity contribution in [1.82, 2.24) is 14.6 Å². The van der Waals surface area contributed by atoms with Gasteiger partial charge in [0.1, 0.15) is 0 Å². The minimum absolute atomic E-state index is 0.404. The monoisotopic (exact) mass is 250 g/mol. The van der Waals surface area contributed by atoms with Gasteiger partial charge in [-0.25, -0.2) is 4.52 Å². The number of hydrogen-bond donors (Lipinski definition) is 1. The van der Waals surface area contributed by atoms with E-state index in [0.717, 1.165) is 17.8 Å². The second-order valence-corrected chi connectivity index (χ2v) is 5.25. The van der Waals surface area contributed by atoms with Gasteiger partial charge in [0.2, 0.25) is 5.95 Å². The highest BCUT2D eigenvalue weighted by molar-refractivity contribution is 7.98.